The van der Waals surface area contributed by atoms with Gasteiger partial charge in [-0.1, -0.05) is 388 Å². The molecule has 0 aromatic heterocycles. The number of ether oxygens (including phenoxy) is 6. The molecule has 9 atom stereocenters. The molecule has 0 aromatic rings. The van der Waals surface area contributed by atoms with Crippen LogP contribution in [0.15, 0.2) is 0 Å². The third-order valence-corrected chi connectivity index (χ3v) is 24.7. The number of hydrogen-bond donors (Lipinski definition) is 6. The first-order chi connectivity index (χ1) is 59.2. The summed E-state index contributed by atoms with van der Waals surface area (Å²) in [6.07, 6.45) is 53.4. The maximum atomic E-state index is 15.0. The SMILES string of the molecule is CCCCCCCCCCCCCC(=O)O[C@H](CCCCCCCCCCC)CC(=O)N[C@@H]1[C@H](OC[C@H](NC(=O)C[C@@H](CCCCCCCCCCC)OC(=O)CCCCCCCCCCCCC)C(=O)[O-])O[C@H](CO)[C@@H](OP(=O)(O)O)[C@@H]1OC(=O)C[C@@H](CCCCCCCCCCC)OC(=O)CCCCCCCCCCCCC.CC[NH+](CC)CC. The largest absolute Gasteiger partial charge is 0.548 e. The molecule has 6 N–H and O–H groups in total. The van der Waals surface area contributed by atoms with Gasteiger partial charge in [-0.25, -0.2) is 4.57 Å². The van der Waals surface area contributed by atoms with Crippen molar-refractivity contribution in [2.75, 3.05) is 32.8 Å². The van der Waals surface area contributed by atoms with Crippen molar-refractivity contribution in [1.29, 1.82) is 0 Å². The molecule has 1 saturated heterocycles. The number of aliphatic hydroxyl groups excluding tert-OH is 1. The summed E-state index contributed by atoms with van der Waals surface area (Å²) >= 11 is 0. The van der Waals surface area contributed by atoms with Crippen molar-refractivity contribution < 1.29 is 96.0 Å². The van der Waals surface area contributed by atoms with Gasteiger partial charge in [0.2, 0.25) is 11.8 Å². The molecular weight excluding hydrogens is 1570 g/mol. The van der Waals surface area contributed by atoms with Crippen LogP contribution in [0.4, 0.5) is 0 Å². The van der Waals surface area contributed by atoms with E-state index >= 15 is 0 Å². The number of carbonyl (C=O) groups is 7. The van der Waals surface area contributed by atoms with Crippen LogP contribution in [-0.4, -0.2) is 144 Å². The lowest BCUT2D eigenvalue weighted by atomic mass is 9.95. The minimum atomic E-state index is -5.59. The Morgan fingerprint density at radius 2 is 0.639 bits per heavy atom. The molecule has 1 aliphatic heterocycles. The van der Waals surface area contributed by atoms with Crippen molar-refractivity contribution in [3.8, 4) is 0 Å². The molecule has 22 nitrogen and oxygen atoms in total. The van der Waals surface area contributed by atoms with Crippen molar-refractivity contribution in [2.24, 2.45) is 0 Å². The number of quaternary nitrogens is 1. The Morgan fingerprint density at radius 3 is 0.902 bits per heavy atom. The minimum absolute atomic E-state index is 0.124. The van der Waals surface area contributed by atoms with Gasteiger partial charge in [-0.2, -0.15) is 0 Å². The summed E-state index contributed by atoms with van der Waals surface area (Å²) in [6.45, 7) is 21.7. The summed E-state index contributed by atoms with van der Waals surface area (Å²) in [7, 11) is -5.59. The Morgan fingerprint density at radius 1 is 0.369 bits per heavy atom. The van der Waals surface area contributed by atoms with Crippen molar-refractivity contribution in [2.45, 2.75) is 560 Å². The summed E-state index contributed by atoms with van der Waals surface area (Å²) < 4.78 is 55.3. The number of esters is 4. The normalized spacial score (nSPS) is 16.4. The first kappa shape index (κ1) is 118. The molecule has 0 aromatic carbocycles. The number of hydrogen-bond acceptors (Lipinski definition) is 17. The van der Waals surface area contributed by atoms with Gasteiger partial charge >= 0.3 is 31.7 Å². The molecule has 0 radical (unpaired) electrons. The van der Waals surface area contributed by atoms with Gasteiger partial charge in [0.05, 0.1) is 64.1 Å². The van der Waals surface area contributed by atoms with Crippen molar-refractivity contribution in [1.82, 2.24) is 10.6 Å². The Bertz CT molecular complexity index is 2490. The summed E-state index contributed by atoms with van der Waals surface area (Å²) in [6, 6.07) is -3.73. The highest BCUT2D eigenvalue weighted by Gasteiger charge is 2.52. The smallest absolute Gasteiger partial charge is 0.470 e. The second-order valence-corrected chi connectivity index (χ2v) is 36.8. The highest BCUT2D eigenvalue weighted by Crippen LogP contribution is 2.43. The van der Waals surface area contributed by atoms with E-state index in [-0.39, 0.29) is 32.1 Å². The zero-order valence-electron chi connectivity index (χ0n) is 79.8. The van der Waals surface area contributed by atoms with E-state index in [1.54, 1.807) is 4.90 Å². The quantitative estimate of drug-likeness (QED) is 0.0143. The standard InChI is InChI=1S/C93H175N2O19P.C6H15N/c1-7-13-19-25-31-37-40-46-52-58-64-70-85(99)109-78(67-61-55-49-43-34-28-22-16-10-4)73-83(97)94-81(92(103)104)77-108-93-89(95-84(98)74-79(68-62-56-50-44-35-29-23-17-11-5)110-86(100)71-65-59-53-47-41-38-32-26-20-14-8-2)91(90(82(76-96)112-93)114-115(105,106)107)113-88(102)75-80(69-63-57-51-45-36-30-24-18-12-6)111-87(101)72-66-60-54-48-42-39-33-27-21-15-9-3;1-4-7(5-2)6-3/h78-82,89-91,93,96H,7-77H2,1-6H3,(H,94,97)(H,95,98)(H,103,104)(H2,105,106,107);4-6H2,1-3H3/t78-,79-,80-,81+,82-,89+,90-,91-,93-;/m1./s1. The second kappa shape index (κ2) is 85.3. The van der Waals surface area contributed by atoms with Crippen molar-refractivity contribution in [3.05, 3.63) is 0 Å². The number of rotatable bonds is 88. The fourth-order valence-corrected chi connectivity index (χ4v) is 16.9. The molecule has 122 heavy (non-hydrogen) atoms. The van der Waals surface area contributed by atoms with Gasteiger partial charge in [-0.05, 0) is 78.6 Å². The lowest BCUT2D eigenvalue weighted by Gasteiger charge is -2.45. The molecule has 23 heteroatoms. The second-order valence-electron chi connectivity index (χ2n) is 35.6. The van der Waals surface area contributed by atoms with E-state index in [2.05, 4.69) is 72.9 Å². The van der Waals surface area contributed by atoms with E-state index in [1.165, 1.54) is 174 Å². The van der Waals surface area contributed by atoms with E-state index in [0.717, 1.165) is 193 Å². The third kappa shape index (κ3) is 72.2. The molecule has 0 aliphatic carbocycles. The monoisotopic (exact) mass is 1760 g/mol. The number of carboxylic acids is 1. The number of unbranched alkanes of at least 4 members (excludes halogenated alkanes) is 54. The number of phosphoric ester groups is 1. The van der Waals surface area contributed by atoms with Crippen LogP contribution in [0, 0.1) is 0 Å². The van der Waals surface area contributed by atoms with Crippen LogP contribution < -0.4 is 20.6 Å². The minimum Gasteiger partial charge on any atom is -0.548 e. The Labute approximate surface area is 745 Å². The van der Waals surface area contributed by atoms with Crippen LogP contribution in [0.5, 0.6) is 0 Å². The number of aliphatic carboxylic acids is 1. The zero-order chi connectivity index (χ0) is 90.0. The number of amides is 2. The molecule has 2 amide bonds. The lowest BCUT2D eigenvalue weighted by molar-refractivity contribution is -0.894. The van der Waals surface area contributed by atoms with Crippen molar-refractivity contribution in [3.63, 3.8) is 0 Å². The first-order valence-corrected chi connectivity index (χ1v) is 52.7. The summed E-state index contributed by atoms with van der Waals surface area (Å²) in [5.41, 5.74) is 0. The van der Waals surface area contributed by atoms with Crippen LogP contribution in [0.2, 0.25) is 0 Å². The molecule has 720 valence electrons. The van der Waals surface area contributed by atoms with E-state index in [9.17, 15) is 58.1 Å². The van der Waals surface area contributed by atoms with E-state index in [1.807, 2.05) is 0 Å². The maximum Gasteiger partial charge on any atom is 0.470 e. The Kier molecular flexibility index (Phi) is 82.7. The zero-order valence-corrected chi connectivity index (χ0v) is 80.7. The highest BCUT2D eigenvalue weighted by atomic mass is 31.2. The van der Waals surface area contributed by atoms with Gasteiger partial charge in [0.15, 0.2) is 12.4 Å². The number of nitrogens with one attached hydrogen (secondary N) is 3. The van der Waals surface area contributed by atoms with E-state index in [4.69, 9.17) is 32.9 Å². The predicted octanol–water partition coefficient (Wildman–Crippen LogP) is 22.5. The van der Waals surface area contributed by atoms with E-state index in [0.29, 0.717) is 51.4 Å². The number of aliphatic hydroxyl groups is 1. The van der Waals surface area contributed by atoms with Crippen LogP contribution in [-0.2, 0) is 71.1 Å². The van der Waals surface area contributed by atoms with Crippen LogP contribution in [0.3, 0.4) is 0 Å². The van der Waals surface area contributed by atoms with Crippen molar-refractivity contribution >= 4 is 49.5 Å². The van der Waals surface area contributed by atoms with Gasteiger partial charge in [0.1, 0.15) is 36.6 Å². The Balaban J connectivity index is 0.0000199. The van der Waals surface area contributed by atoms with Gasteiger partial charge in [0, 0.05) is 19.3 Å². The predicted molar refractivity (Wildman–Crippen MR) is 492 cm³/mol. The molecule has 0 saturated carbocycles. The molecule has 0 bridgehead atoms. The summed E-state index contributed by atoms with van der Waals surface area (Å²) in [5.74, 6) is -5.82. The fourth-order valence-electron chi connectivity index (χ4n) is 16.4. The van der Waals surface area contributed by atoms with Crippen LogP contribution >= 0.6 is 7.82 Å². The molecule has 1 rings (SSSR count). The summed E-state index contributed by atoms with van der Waals surface area (Å²) in [4.78, 5) is 121. The number of carbonyl (C=O) groups excluding carboxylic acids is 7. The first-order valence-electron chi connectivity index (χ1n) is 51.2. The lowest BCUT2D eigenvalue weighted by Crippen LogP contribution is -3.11. The average molecular weight is 1760 g/mol. The molecule has 0 unspecified atom stereocenters. The molecular formula is C99H190N3O19P. The topological polar surface area (TPSA) is 313 Å². The highest BCUT2D eigenvalue weighted by molar-refractivity contribution is 7.46. The molecule has 1 heterocycles. The van der Waals surface area contributed by atoms with Crippen LogP contribution in [0.25, 0.3) is 0 Å². The van der Waals surface area contributed by atoms with E-state index < -0.39 is 131 Å². The van der Waals surface area contributed by atoms with Gasteiger partial charge in [0.25, 0.3) is 0 Å². The molecule has 0 spiro atoms. The number of carboxylic acid groups (broad SMARTS) is 1. The Hall–Kier alpha value is -3.76. The fraction of sp³-hybridized carbons (Fsp3) is 0.929. The molecule has 1 aliphatic rings. The van der Waals surface area contributed by atoms with Gasteiger partial charge in [-0.15, -0.1) is 0 Å². The van der Waals surface area contributed by atoms with Gasteiger partial charge < -0.3 is 68.7 Å². The summed E-state index contributed by atoms with van der Waals surface area (Å²) in [5, 5.41) is 29.5. The van der Waals surface area contributed by atoms with Gasteiger partial charge in [-0.3, -0.25) is 33.3 Å². The average Bonchev–Trinajstić information content (AvgIpc) is 0.779. The molecule has 1 fully saturated rings. The van der Waals surface area contributed by atoms with Crippen LogP contribution in [0.1, 0.15) is 505 Å². The maximum absolute atomic E-state index is 15.0. The number of phosphoric acid groups is 1. The third-order valence-electron chi connectivity index (χ3n) is 24.2.